The Kier molecular flexibility index (Phi) is 5.39. The first-order chi connectivity index (χ1) is 13.3. The van der Waals surface area contributed by atoms with Crippen molar-refractivity contribution in [3.05, 3.63) is 75.6 Å². The number of nitro benzene ring substituents is 1. The van der Waals surface area contributed by atoms with Crippen LogP contribution < -0.4 is 10.1 Å². The van der Waals surface area contributed by atoms with Gasteiger partial charge in [-0.15, -0.1) is 0 Å². The van der Waals surface area contributed by atoms with E-state index < -0.39 is 4.92 Å². The number of aromatic nitrogens is 2. The van der Waals surface area contributed by atoms with Gasteiger partial charge in [0.25, 0.3) is 5.69 Å². The minimum absolute atomic E-state index is 0.00368. The standard InChI is InChI=1S/C20H20N4O4/c1-13-4-5-14(2)19(8-13)28-18-10-16(9-17(11-18)24(26)27)21-20(25)12-23-7-6-15(3)22-23/h4-11H,12H2,1-3H3,(H,21,25). The molecule has 0 aliphatic rings. The van der Waals surface area contributed by atoms with Crippen molar-refractivity contribution in [2.24, 2.45) is 0 Å². The second-order valence-electron chi connectivity index (χ2n) is 6.55. The molecule has 3 rings (SSSR count). The minimum Gasteiger partial charge on any atom is -0.457 e. The lowest BCUT2D eigenvalue weighted by atomic mass is 10.1. The van der Waals surface area contributed by atoms with E-state index in [1.54, 1.807) is 18.3 Å². The molecule has 28 heavy (non-hydrogen) atoms. The molecule has 1 aromatic heterocycles. The van der Waals surface area contributed by atoms with E-state index in [2.05, 4.69) is 10.4 Å². The fourth-order valence-electron chi connectivity index (χ4n) is 2.66. The molecule has 8 heteroatoms. The highest BCUT2D eigenvalue weighted by molar-refractivity contribution is 5.91. The van der Waals surface area contributed by atoms with Gasteiger partial charge in [-0.25, -0.2) is 0 Å². The average molecular weight is 380 g/mol. The zero-order valence-corrected chi connectivity index (χ0v) is 15.8. The number of hydrogen-bond acceptors (Lipinski definition) is 5. The summed E-state index contributed by atoms with van der Waals surface area (Å²) in [5.41, 5.74) is 2.81. The van der Waals surface area contributed by atoms with Crippen LogP contribution in [-0.2, 0) is 11.3 Å². The molecule has 1 amide bonds. The number of amides is 1. The molecule has 8 nitrogen and oxygen atoms in total. The summed E-state index contributed by atoms with van der Waals surface area (Å²) in [6, 6.07) is 11.7. The quantitative estimate of drug-likeness (QED) is 0.512. The van der Waals surface area contributed by atoms with Crippen LogP contribution >= 0.6 is 0 Å². The monoisotopic (exact) mass is 380 g/mol. The third-order valence-electron chi connectivity index (χ3n) is 4.04. The molecule has 1 heterocycles. The molecule has 0 aliphatic heterocycles. The fourth-order valence-corrected chi connectivity index (χ4v) is 2.66. The van der Waals surface area contributed by atoms with Gasteiger partial charge in [0.05, 0.1) is 22.4 Å². The molecular weight excluding hydrogens is 360 g/mol. The van der Waals surface area contributed by atoms with E-state index >= 15 is 0 Å². The number of ether oxygens (including phenoxy) is 1. The second kappa shape index (κ2) is 7.91. The van der Waals surface area contributed by atoms with Crippen LogP contribution in [0.3, 0.4) is 0 Å². The number of aryl methyl sites for hydroxylation is 3. The Hall–Kier alpha value is -3.68. The molecule has 144 valence electrons. The van der Waals surface area contributed by atoms with E-state index in [1.165, 1.54) is 16.8 Å². The molecule has 1 N–H and O–H groups in total. The summed E-state index contributed by atoms with van der Waals surface area (Å²) in [6.45, 7) is 5.65. The number of anilines is 1. The summed E-state index contributed by atoms with van der Waals surface area (Å²) in [5, 5.41) is 18.1. The van der Waals surface area contributed by atoms with Gasteiger partial charge < -0.3 is 10.1 Å². The first-order valence-corrected chi connectivity index (χ1v) is 8.64. The zero-order valence-electron chi connectivity index (χ0n) is 15.8. The summed E-state index contributed by atoms with van der Waals surface area (Å²) in [4.78, 5) is 23.0. The Labute approximate surface area is 161 Å². The fraction of sp³-hybridized carbons (Fsp3) is 0.200. The second-order valence-corrected chi connectivity index (χ2v) is 6.55. The number of nitrogens with zero attached hydrogens (tertiary/aromatic N) is 3. The smallest absolute Gasteiger partial charge is 0.275 e. The van der Waals surface area contributed by atoms with Crippen molar-refractivity contribution in [3.63, 3.8) is 0 Å². The third-order valence-corrected chi connectivity index (χ3v) is 4.04. The predicted octanol–water partition coefficient (Wildman–Crippen LogP) is 4.15. The van der Waals surface area contributed by atoms with Crippen molar-refractivity contribution in [1.29, 1.82) is 0 Å². The molecule has 2 aromatic carbocycles. The number of nitro groups is 1. The number of rotatable bonds is 6. The van der Waals surface area contributed by atoms with Gasteiger partial charge in [0.2, 0.25) is 5.91 Å². The van der Waals surface area contributed by atoms with Crippen LogP contribution in [-0.4, -0.2) is 20.6 Å². The molecule has 0 saturated heterocycles. The third kappa shape index (κ3) is 4.73. The van der Waals surface area contributed by atoms with Gasteiger partial charge >= 0.3 is 0 Å². The lowest BCUT2D eigenvalue weighted by molar-refractivity contribution is -0.384. The number of hydrogen-bond donors (Lipinski definition) is 1. The molecular formula is C20H20N4O4. The number of non-ortho nitro benzene ring substituents is 1. The Balaban J connectivity index is 1.83. The van der Waals surface area contributed by atoms with E-state index in [1.807, 2.05) is 39.0 Å². The maximum absolute atomic E-state index is 12.3. The summed E-state index contributed by atoms with van der Waals surface area (Å²) < 4.78 is 7.35. The molecule has 0 unspecified atom stereocenters. The van der Waals surface area contributed by atoms with Crippen molar-refractivity contribution < 1.29 is 14.5 Å². The molecule has 0 saturated carbocycles. The topological polar surface area (TPSA) is 99.3 Å². The van der Waals surface area contributed by atoms with Crippen LogP contribution in [0.5, 0.6) is 11.5 Å². The van der Waals surface area contributed by atoms with Gasteiger partial charge in [0.15, 0.2) is 0 Å². The van der Waals surface area contributed by atoms with Gasteiger partial charge in [-0.3, -0.25) is 19.6 Å². The molecule has 0 aliphatic carbocycles. The summed E-state index contributed by atoms with van der Waals surface area (Å²) in [6.07, 6.45) is 1.69. The van der Waals surface area contributed by atoms with Crippen LogP contribution in [0.1, 0.15) is 16.8 Å². The lowest BCUT2D eigenvalue weighted by Crippen LogP contribution is -2.19. The minimum atomic E-state index is -0.525. The molecule has 0 fully saturated rings. The van der Waals surface area contributed by atoms with Crippen molar-refractivity contribution in [1.82, 2.24) is 9.78 Å². The van der Waals surface area contributed by atoms with E-state index in [0.29, 0.717) is 5.75 Å². The van der Waals surface area contributed by atoms with Gasteiger partial charge in [-0.2, -0.15) is 5.10 Å². The highest BCUT2D eigenvalue weighted by Crippen LogP contribution is 2.31. The largest absolute Gasteiger partial charge is 0.457 e. The average Bonchev–Trinajstić information content (AvgIpc) is 3.02. The predicted molar refractivity (Wildman–Crippen MR) is 105 cm³/mol. The van der Waals surface area contributed by atoms with Crippen molar-refractivity contribution in [3.8, 4) is 11.5 Å². The summed E-state index contributed by atoms with van der Waals surface area (Å²) in [5.74, 6) is 0.527. The Bertz CT molecular complexity index is 1040. The SMILES string of the molecule is Cc1ccc(C)c(Oc2cc(NC(=O)Cn3ccc(C)n3)cc([N+](=O)[O-])c2)c1. The molecule has 0 spiro atoms. The van der Waals surface area contributed by atoms with Crippen LogP contribution in [0.2, 0.25) is 0 Å². The Morgan fingerprint density at radius 1 is 1.18 bits per heavy atom. The molecule has 0 atom stereocenters. The highest BCUT2D eigenvalue weighted by atomic mass is 16.6. The van der Waals surface area contributed by atoms with Gasteiger partial charge in [0, 0.05) is 18.3 Å². The van der Waals surface area contributed by atoms with E-state index in [-0.39, 0.29) is 29.6 Å². The van der Waals surface area contributed by atoms with Gasteiger partial charge in [-0.1, -0.05) is 12.1 Å². The number of carbonyl (C=O) groups is 1. The van der Waals surface area contributed by atoms with Crippen LogP contribution in [0.25, 0.3) is 0 Å². The van der Waals surface area contributed by atoms with E-state index in [0.717, 1.165) is 16.8 Å². The number of carbonyl (C=O) groups excluding carboxylic acids is 1. The lowest BCUT2D eigenvalue weighted by Gasteiger charge is -2.12. The highest BCUT2D eigenvalue weighted by Gasteiger charge is 2.14. The maximum Gasteiger partial charge on any atom is 0.275 e. The molecule has 0 bridgehead atoms. The molecule has 3 aromatic rings. The zero-order chi connectivity index (χ0) is 20.3. The van der Waals surface area contributed by atoms with Gasteiger partial charge in [0.1, 0.15) is 18.0 Å². The molecule has 0 radical (unpaired) electrons. The maximum atomic E-state index is 12.3. The Morgan fingerprint density at radius 3 is 2.64 bits per heavy atom. The Morgan fingerprint density at radius 2 is 1.96 bits per heavy atom. The first kappa shape index (κ1) is 19.1. The van der Waals surface area contributed by atoms with Crippen LogP contribution in [0, 0.1) is 30.9 Å². The van der Waals surface area contributed by atoms with Crippen molar-refractivity contribution in [2.45, 2.75) is 27.3 Å². The van der Waals surface area contributed by atoms with Crippen molar-refractivity contribution >= 4 is 17.3 Å². The van der Waals surface area contributed by atoms with Crippen molar-refractivity contribution in [2.75, 3.05) is 5.32 Å². The van der Waals surface area contributed by atoms with Crippen LogP contribution in [0.4, 0.5) is 11.4 Å². The van der Waals surface area contributed by atoms with E-state index in [4.69, 9.17) is 4.74 Å². The van der Waals surface area contributed by atoms with Crippen LogP contribution in [0.15, 0.2) is 48.7 Å². The summed E-state index contributed by atoms with van der Waals surface area (Å²) >= 11 is 0. The normalized spacial score (nSPS) is 10.5. The van der Waals surface area contributed by atoms with E-state index in [9.17, 15) is 14.9 Å². The summed E-state index contributed by atoms with van der Waals surface area (Å²) in [7, 11) is 0. The first-order valence-electron chi connectivity index (χ1n) is 8.64. The van der Waals surface area contributed by atoms with Gasteiger partial charge in [-0.05, 0) is 44.0 Å². The number of nitrogens with one attached hydrogen (secondary N) is 1. The number of benzene rings is 2.